The molecule has 1 saturated heterocycles. The molecule has 2 aromatic carbocycles. The van der Waals surface area contributed by atoms with Gasteiger partial charge in [0.1, 0.15) is 0 Å². The molecule has 0 radical (unpaired) electrons. The number of halogens is 1. The molecule has 0 saturated carbocycles. The van der Waals surface area contributed by atoms with Gasteiger partial charge in [-0.2, -0.15) is 0 Å². The Balaban J connectivity index is 1.70. The average Bonchev–Trinajstić information content (AvgIpc) is 3.20. The molecule has 1 amide bonds. The van der Waals surface area contributed by atoms with Crippen molar-refractivity contribution in [1.82, 2.24) is 4.90 Å². The van der Waals surface area contributed by atoms with E-state index in [0.717, 1.165) is 11.3 Å². The first kappa shape index (κ1) is 20.1. The van der Waals surface area contributed by atoms with E-state index in [0.29, 0.717) is 27.7 Å². The summed E-state index contributed by atoms with van der Waals surface area (Å²) in [5, 5.41) is 0.357. The number of nitrogens with zero attached hydrogens (tertiary/aromatic N) is 2. The molecular formula is C23H19BrN2O4S. The lowest BCUT2D eigenvalue weighted by atomic mass is 9.88. The predicted octanol–water partition coefficient (Wildman–Crippen LogP) is 5.54. The standard InChI is InChI=1S/C23H19BrN2O4S/c1-23-13-16(15-9-6-10-17(28-2)20(15)30-23)25(21(27)18-11-12-19(24)29-18)22(31)26(23)14-7-4-3-5-8-14/h3-12,16H,13H2,1-2H3. The highest BCUT2D eigenvalue weighted by atomic mass is 79.9. The molecule has 0 aliphatic carbocycles. The zero-order valence-corrected chi connectivity index (χ0v) is 19.3. The summed E-state index contributed by atoms with van der Waals surface area (Å²) in [4.78, 5) is 17.1. The van der Waals surface area contributed by atoms with Crippen molar-refractivity contribution in [2.24, 2.45) is 0 Å². The third-order valence-electron chi connectivity index (χ3n) is 5.68. The van der Waals surface area contributed by atoms with Crippen LogP contribution in [0.5, 0.6) is 11.5 Å². The molecule has 0 spiro atoms. The highest BCUT2D eigenvalue weighted by molar-refractivity contribution is 9.10. The van der Waals surface area contributed by atoms with Gasteiger partial charge >= 0.3 is 0 Å². The van der Waals surface area contributed by atoms with E-state index in [1.807, 2.05) is 60.4 Å². The van der Waals surface area contributed by atoms with Crippen LogP contribution in [-0.4, -0.2) is 28.8 Å². The number of furan rings is 1. The Hall–Kier alpha value is -2.84. The van der Waals surface area contributed by atoms with Crippen LogP contribution in [-0.2, 0) is 0 Å². The van der Waals surface area contributed by atoms with Gasteiger partial charge in [-0.05, 0) is 65.4 Å². The zero-order valence-electron chi connectivity index (χ0n) is 16.9. The van der Waals surface area contributed by atoms with Crippen LogP contribution in [0.4, 0.5) is 5.69 Å². The first-order valence-corrected chi connectivity index (χ1v) is 11.0. The average molecular weight is 499 g/mol. The van der Waals surface area contributed by atoms with Gasteiger partial charge in [0.15, 0.2) is 32.8 Å². The molecule has 158 valence electrons. The number of para-hydroxylation sites is 2. The number of carbonyl (C=O) groups is 1. The first-order chi connectivity index (χ1) is 14.9. The minimum atomic E-state index is -0.800. The summed E-state index contributed by atoms with van der Waals surface area (Å²) < 4.78 is 18.2. The third-order valence-corrected chi connectivity index (χ3v) is 6.49. The number of amides is 1. The lowest BCUT2D eigenvalue weighted by molar-refractivity contribution is 0.0152. The Labute approximate surface area is 193 Å². The van der Waals surface area contributed by atoms with Crippen molar-refractivity contribution in [3.05, 3.63) is 76.7 Å². The molecule has 6 nitrogen and oxygen atoms in total. The van der Waals surface area contributed by atoms with Crippen LogP contribution < -0.4 is 14.4 Å². The van der Waals surface area contributed by atoms with Crippen molar-refractivity contribution in [2.75, 3.05) is 12.0 Å². The molecule has 2 bridgehead atoms. The Morgan fingerprint density at radius 2 is 1.94 bits per heavy atom. The van der Waals surface area contributed by atoms with Crippen molar-refractivity contribution in [3.63, 3.8) is 0 Å². The molecule has 5 rings (SSSR count). The number of carbonyl (C=O) groups excluding carboxylic acids is 1. The number of fused-ring (bicyclic) bond motifs is 4. The van der Waals surface area contributed by atoms with Crippen LogP contribution in [0.25, 0.3) is 0 Å². The summed E-state index contributed by atoms with van der Waals surface area (Å²) >= 11 is 9.17. The van der Waals surface area contributed by atoms with Gasteiger partial charge in [-0.3, -0.25) is 14.6 Å². The molecular weight excluding hydrogens is 480 g/mol. The maximum absolute atomic E-state index is 13.6. The summed E-state index contributed by atoms with van der Waals surface area (Å²) in [5.41, 5.74) is 0.890. The van der Waals surface area contributed by atoms with Gasteiger partial charge in [0.2, 0.25) is 0 Å². The fourth-order valence-electron chi connectivity index (χ4n) is 4.34. The number of benzene rings is 2. The fraction of sp³-hybridized carbons (Fsp3) is 0.217. The van der Waals surface area contributed by atoms with Gasteiger partial charge in [0, 0.05) is 17.7 Å². The number of rotatable bonds is 3. The van der Waals surface area contributed by atoms with Crippen molar-refractivity contribution in [2.45, 2.75) is 25.1 Å². The van der Waals surface area contributed by atoms with Crippen LogP contribution in [0.1, 0.15) is 35.5 Å². The molecule has 1 aromatic heterocycles. The van der Waals surface area contributed by atoms with Gasteiger partial charge in [0.25, 0.3) is 5.91 Å². The van der Waals surface area contributed by atoms with E-state index in [-0.39, 0.29) is 17.7 Å². The van der Waals surface area contributed by atoms with Gasteiger partial charge in [-0.15, -0.1) is 0 Å². The molecule has 2 atom stereocenters. The van der Waals surface area contributed by atoms with Crippen molar-refractivity contribution < 1.29 is 18.7 Å². The lowest BCUT2D eigenvalue weighted by Crippen LogP contribution is -2.67. The number of ether oxygens (including phenoxy) is 2. The third kappa shape index (κ3) is 3.13. The predicted molar refractivity (Wildman–Crippen MR) is 123 cm³/mol. The van der Waals surface area contributed by atoms with Crippen LogP contribution in [0.3, 0.4) is 0 Å². The molecule has 3 heterocycles. The number of thiocarbonyl (C=S) groups is 1. The maximum atomic E-state index is 13.6. The zero-order chi connectivity index (χ0) is 21.8. The monoisotopic (exact) mass is 498 g/mol. The molecule has 1 fully saturated rings. The minimum absolute atomic E-state index is 0.210. The van der Waals surface area contributed by atoms with Gasteiger partial charge in [0.05, 0.1) is 13.2 Å². The Morgan fingerprint density at radius 3 is 2.61 bits per heavy atom. The van der Waals surface area contributed by atoms with Gasteiger partial charge < -0.3 is 13.9 Å². The lowest BCUT2D eigenvalue weighted by Gasteiger charge is -2.55. The second-order valence-electron chi connectivity index (χ2n) is 7.61. The summed E-state index contributed by atoms with van der Waals surface area (Å²) in [6.45, 7) is 1.99. The van der Waals surface area contributed by atoms with E-state index in [2.05, 4.69) is 15.9 Å². The molecule has 0 N–H and O–H groups in total. The Morgan fingerprint density at radius 1 is 1.16 bits per heavy atom. The summed E-state index contributed by atoms with van der Waals surface area (Å²) in [6, 6.07) is 18.4. The van der Waals surface area contributed by atoms with Gasteiger partial charge in [-0.25, -0.2) is 0 Å². The SMILES string of the molecule is COc1cccc2c1OC1(C)CC2N(C(=O)c2ccc(Br)o2)C(=S)N1c1ccccc1. The molecule has 31 heavy (non-hydrogen) atoms. The van der Waals surface area contributed by atoms with E-state index in [1.54, 1.807) is 24.1 Å². The summed E-state index contributed by atoms with van der Waals surface area (Å²) in [5.74, 6) is 1.13. The number of methoxy groups -OCH3 is 1. The molecule has 2 unspecified atom stereocenters. The Bertz CT molecular complexity index is 1180. The van der Waals surface area contributed by atoms with Crippen molar-refractivity contribution in [1.29, 1.82) is 0 Å². The highest BCUT2D eigenvalue weighted by Crippen LogP contribution is 2.52. The molecule has 3 aromatic rings. The summed E-state index contributed by atoms with van der Waals surface area (Å²) in [6.07, 6.45) is 0.524. The Kier molecular flexibility index (Phi) is 4.79. The van der Waals surface area contributed by atoms with E-state index >= 15 is 0 Å². The minimum Gasteiger partial charge on any atom is -0.493 e. The van der Waals surface area contributed by atoms with E-state index in [9.17, 15) is 4.79 Å². The van der Waals surface area contributed by atoms with Gasteiger partial charge in [-0.1, -0.05) is 30.3 Å². The quantitative estimate of drug-likeness (QED) is 0.442. The van der Waals surface area contributed by atoms with Crippen LogP contribution in [0.15, 0.2) is 69.8 Å². The topological polar surface area (TPSA) is 55.2 Å². The van der Waals surface area contributed by atoms with Crippen LogP contribution in [0.2, 0.25) is 0 Å². The molecule has 2 aliphatic rings. The van der Waals surface area contributed by atoms with E-state index < -0.39 is 5.72 Å². The van der Waals surface area contributed by atoms with E-state index in [4.69, 9.17) is 26.1 Å². The normalized spacial score (nSPS) is 22.0. The van der Waals surface area contributed by atoms with Crippen molar-refractivity contribution in [3.8, 4) is 11.5 Å². The second kappa shape index (κ2) is 7.39. The van der Waals surface area contributed by atoms with E-state index in [1.165, 1.54) is 0 Å². The number of anilines is 1. The largest absolute Gasteiger partial charge is 0.493 e. The molecule has 8 heteroatoms. The van der Waals surface area contributed by atoms with Crippen LogP contribution >= 0.6 is 28.1 Å². The van der Waals surface area contributed by atoms with Crippen molar-refractivity contribution >= 4 is 44.9 Å². The number of hydrogen-bond donors (Lipinski definition) is 0. The molecule has 2 aliphatic heterocycles. The van der Waals surface area contributed by atoms with Crippen LogP contribution in [0, 0.1) is 0 Å². The fourth-order valence-corrected chi connectivity index (χ4v) is 5.16. The number of hydrogen-bond acceptors (Lipinski definition) is 5. The highest BCUT2D eigenvalue weighted by Gasteiger charge is 2.54. The second-order valence-corrected chi connectivity index (χ2v) is 8.75. The maximum Gasteiger partial charge on any atom is 0.296 e. The summed E-state index contributed by atoms with van der Waals surface area (Å²) in [7, 11) is 1.61. The first-order valence-electron chi connectivity index (χ1n) is 9.77. The smallest absolute Gasteiger partial charge is 0.296 e.